The van der Waals surface area contributed by atoms with Gasteiger partial charge >= 0.3 is 5.97 Å². The summed E-state index contributed by atoms with van der Waals surface area (Å²) in [5.74, 6) is -2.63. The second-order valence-corrected chi connectivity index (χ2v) is 6.14. The van der Waals surface area contributed by atoms with Crippen LogP contribution in [0.25, 0.3) is 0 Å². The number of methoxy groups -OCH3 is 1. The number of nitriles is 2. The minimum absolute atomic E-state index is 0.0327. The molecule has 0 unspecified atom stereocenters. The molecule has 0 radical (unpaired) electrons. The fourth-order valence-corrected chi connectivity index (χ4v) is 3.43. The number of aryl methyl sites for hydroxylation is 1. The maximum absolute atomic E-state index is 12.3. The Morgan fingerprint density at radius 2 is 2.08 bits per heavy atom. The monoisotopic (exact) mass is 341 g/mol. The molecule has 0 fully saturated rings. The number of hydrogen-bond acceptors (Lipinski definition) is 6. The average Bonchev–Trinajstić information content (AvgIpc) is 2.59. The van der Waals surface area contributed by atoms with Crippen LogP contribution in [0.15, 0.2) is 34.9 Å². The van der Waals surface area contributed by atoms with E-state index >= 15 is 0 Å². The van der Waals surface area contributed by atoms with Crippen molar-refractivity contribution >= 4 is 23.6 Å². The molecular formula is C17H15N3O3S. The Balaban J connectivity index is 2.52. The SMILES string of the molecule is COC(=O)CSC1=C(C#N)[C@H](c2ccccc2C)[C@H](C#N)C(=O)N1. The van der Waals surface area contributed by atoms with E-state index in [4.69, 9.17) is 0 Å². The van der Waals surface area contributed by atoms with Crippen LogP contribution in [0.5, 0.6) is 0 Å². The zero-order valence-electron chi connectivity index (χ0n) is 13.2. The smallest absolute Gasteiger partial charge is 0.316 e. The van der Waals surface area contributed by atoms with Crippen molar-refractivity contribution in [1.29, 1.82) is 10.5 Å². The Morgan fingerprint density at radius 1 is 1.38 bits per heavy atom. The first-order valence-electron chi connectivity index (χ1n) is 7.13. The van der Waals surface area contributed by atoms with Gasteiger partial charge in [-0.05, 0) is 18.1 Å². The third-order valence-corrected chi connectivity index (χ3v) is 4.74. The van der Waals surface area contributed by atoms with Gasteiger partial charge in [0, 0.05) is 5.92 Å². The number of benzene rings is 1. The van der Waals surface area contributed by atoms with Crippen molar-refractivity contribution < 1.29 is 14.3 Å². The van der Waals surface area contributed by atoms with Crippen LogP contribution < -0.4 is 5.32 Å². The molecule has 24 heavy (non-hydrogen) atoms. The molecule has 1 aliphatic heterocycles. The number of esters is 1. The van der Waals surface area contributed by atoms with Gasteiger partial charge in [-0.2, -0.15) is 10.5 Å². The Labute approximate surface area is 144 Å². The number of nitrogens with zero attached hydrogens (tertiary/aromatic N) is 2. The summed E-state index contributed by atoms with van der Waals surface area (Å²) in [6.45, 7) is 1.87. The highest BCUT2D eigenvalue weighted by Gasteiger charge is 2.39. The van der Waals surface area contributed by atoms with Crippen LogP contribution in [0.3, 0.4) is 0 Å². The summed E-state index contributed by atoms with van der Waals surface area (Å²) in [7, 11) is 1.27. The highest BCUT2D eigenvalue weighted by molar-refractivity contribution is 8.03. The highest BCUT2D eigenvalue weighted by atomic mass is 32.2. The lowest BCUT2D eigenvalue weighted by Crippen LogP contribution is -2.39. The third kappa shape index (κ3) is 3.42. The summed E-state index contributed by atoms with van der Waals surface area (Å²) in [6.07, 6.45) is 0. The lowest BCUT2D eigenvalue weighted by molar-refractivity contribution is -0.137. The van der Waals surface area contributed by atoms with Gasteiger partial charge in [-0.25, -0.2) is 0 Å². The number of allylic oxidation sites excluding steroid dienone is 1. The first-order valence-corrected chi connectivity index (χ1v) is 8.12. The van der Waals surface area contributed by atoms with Crippen molar-refractivity contribution in [2.45, 2.75) is 12.8 Å². The number of ether oxygens (including phenoxy) is 1. The van der Waals surface area contributed by atoms with Gasteiger partial charge in [0.2, 0.25) is 5.91 Å². The van der Waals surface area contributed by atoms with Crippen molar-refractivity contribution in [2.24, 2.45) is 5.92 Å². The Kier molecular flexibility index (Phi) is 5.62. The van der Waals surface area contributed by atoms with E-state index in [0.717, 1.165) is 22.9 Å². The molecule has 1 aromatic rings. The average molecular weight is 341 g/mol. The van der Waals surface area contributed by atoms with Gasteiger partial charge in [0.15, 0.2) is 0 Å². The number of carbonyl (C=O) groups excluding carboxylic acids is 2. The second-order valence-electron chi connectivity index (χ2n) is 5.15. The van der Waals surface area contributed by atoms with E-state index in [-0.39, 0.29) is 11.3 Å². The summed E-state index contributed by atoms with van der Waals surface area (Å²) in [5, 5.41) is 21.9. The minimum atomic E-state index is -0.997. The maximum atomic E-state index is 12.3. The number of thioether (sulfide) groups is 1. The summed E-state index contributed by atoms with van der Waals surface area (Å²) in [6, 6.07) is 11.4. The fourth-order valence-electron chi connectivity index (χ4n) is 2.54. The number of nitrogens with one attached hydrogen (secondary N) is 1. The zero-order chi connectivity index (χ0) is 17.7. The first kappa shape index (κ1) is 17.6. The number of carbonyl (C=O) groups is 2. The molecule has 1 heterocycles. The van der Waals surface area contributed by atoms with Crippen LogP contribution in [0.1, 0.15) is 17.0 Å². The standard InChI is InChI=1S/C17H15N3O3S/c1-10-5-3-4-6-11(10)15-12(7-18)16(22)20-17(13(15)8-19)24-9-14(21)23-2/h3-6,12,15H,9H2,1-2H3,(H,20,22)/t12-,15+/m0/s1. The molecule has 6 nitrogen and oxygen atoms in total. The number of rotatable bonds is 4. The number of amides is 1. The molecule has 2 atom stereocenters. The van der Waals surface area contributed by atoms with Gasteiger partial charge in [0.25, 0.3) is 0 Å². The normalized spacial score (nSPS) is 19.9. The Morgan fingerprint density at radius 3 is 2.67 bits per heavy atom. The van der Waals surface area contributed by atoms with Crippen molar-refractivity contribution in [3.05, 3.63) is 46.0 Å². The van der Waals surface area contributed by atoms with E-state index < -0.39 is 23.7 Å². The zero-order valence-corrected chi connectivity index (χ0v) is 14.0. The van der Waals surface area contributed by atoms with Crippen LogP contribution in [-0.2, 0) is 14.3 Å². The molecule has 0 saturated carbocycles. The molecule has 1 amide bonds. The predicted octanol–water partition coefficient (Wildman–Crippen LogP) is 1.99. The quantitative estimate of drug-likeness (QED) is 0.840. The minimum Gasteiger partial charge on any atom is -0.468 e. The van der Waals surface area contributed by atoms with Crippen LogP contribution in [0.4, 0.5) is 0 Å². The highest BCUT2D eigenvalue weighted by Crippen LogP contribution is 2.40. The van der Waals surface area contributed by atoms with Crippen molar-refractivity contribution in [3.8, 4) is 12.1 Å². The van der Waals surface area contributed by atoms with Crippen LogP contribution in [-0.4, -0.2) is 24.7 Å². The van der Waals surface area contributed by atoms with Crippen LogP contribution in [0.2, 0.25) is 0 Å². The van der Waals surface area contributed by atoms with Crippen molar-refractivity contribution in [2.75, 3.05) is 12.9 Å². The van der Waals surface area contributed by atoms with Crippen LogP contribution in [0, 0.1) is 35.5 Å². The van der Waals surface area contributed by atoms with Gasteiger partial charge in [0.05, 0.1) is 35.6 Å². The molecule has 1 N–H and O–H groups in total. The van der Waals surface area contributed by atoms with Gasteiger partial charge in [-0.1, -0.05) is 36.0 Å². The van der Waals surface area contributed by atoms with E-state index in [1.807, 2.05) is 31.2 Å². The molecule has 0 aliphatic carbocycles. The largest absolute Gasteiger partial charge is 0.468 e. The maximum Gasteiger partial charge on any atom is 0.316 e. The van der Waals surface area contributed by atoms with E-state index in [0.29, 0.717) is 5.03 Å². The summed E-state index contributed by atoms with van der Waals surface area (Å²) in [4.78, 5) is 23.6. The van der Waals surface area contributed by atoms with Crippen molar-refractivity contribution in [3.63, 3.8) is 0 Å². The molecule has 0 bridgehead atoms. The first-order chi connectivity index (χ1) is 11.5. The van der Waals surface area contributed by atoms with Gasteiger partial charge in [-0.3, -0.25) is 9.59 Å². The third-order valence-electron chi connectivity index (χ3n) is 3.75. The predicted molar refractivity (Wildman–Crippen MR) is 88.3 cm³/mol. The van der Waals surface area contributed by atoms with Crippen molar-refractivity contribution in [1.82, 2.24) is 5.32 Å². The molecule has 122 valence electrons. The summed E-state index contributed by atoms with van der Waals surface area (Å²) >= 11 is 1.02. The second kappa shape index (κ2) is 7.67. The van der Waals surface area contributed by atoms with Gasteiger partial charge in [0.1, 0.15) is 5.92 Å². The van der Waals surface area contributed by atoms with Crippen LogP contribution >= 0.6 is 11.8 Å². The number of hydrogen-bond donors (Lipinski definition) is 1. The molecular weight excluding hydrogens is 326 g/mol. The van der Waals surface area contributed by atoms with Gasteiger partial charge < -0.3 is 10.1 Å². The van der Waals surface area contributed by atoms with E-state index in [1.165, 1.54) is 7.11 Å². The Bertz CT molecular complexity index is 789. The van der Waals surface area contributed by atoms with Gasteiger partial charge in [-0.15, -0.1) is 0 Å². The summed E-state index contributed by atoms with van der Waals surface area (Å²) < 4.78 is 4.58. The molecule has 0 saturated heterocycles. The lowest BCUT2D eigenvalue weighted by atomic mass is 9.78. The Hall–Kier alpha value is -2.77. The molecule has 0 spiro atoms. The summed E-state index contributed by atoms with van der Waals surface area (Å²) in [5.41, 5.74) is 1.93. The van der Waals surface area contributed by atoms with E-state index in [2.05, 4.69) is 16.1 Å². The topological polar surface area (TPSA) is 103 Å². The molecule has 1 aliphatic rings. The lowest BCUT2D eigenvalue weighted by Gasteiger charge is -2.29. The molecule has 0 aromatic heterocycles. The molecule has 7 heteroatoms. The fraction of sp³-hybridized carbons (Fsp3) is 0.294. The van der Waals surface area contributed by atoms with E-state index in [9.17, 15) is 20.1 Å². The van der Waals surface area contributed by atoms with E-state index in [1.54, 1.807) is 6.07 Å². The molecule has 2 rings (SSSR count). The molecule has 1 aromatic carbocycles.